The SMILES string of the molecule is CCOC(CC)C(O)c1cccc(Br)c1F. The lowest BCUT2D eigenvalue weighted by atomic mass is 10.0. The Labute approximate surface area is 104 Å². The third kappa shape index (κ3) is 3.03. The van der Waals surface area contributed by atoms with Crippen LogP contribution in [0.4, 0.5) is 4.39 Å². The van der Waals surface area contributed by atoms with Gasteiger partial charge in [-0.2, -0.15) is 0 Å². The second-order valence-electron chi connectivity index (χ2n) is 3.49. The molecule has 0 saturated carbocycles. The second-order valence-corrected chi connectivity index (χ2v) is 4.34. The van der Waals surface area contributed by atoms with E-state index in [4.69, 9.17) is 4.74 Å². The van der Waals surface area contributed by atoms with Crippen molar-refractivity contribution < 1.29 is 14.2 Å². The minimum absolute atomic E-state index is 0.273. The van der Waals surface area contributed by atoms with E-state index in [1.807, 2.05) is 13.8 Å². The Morgan fingerprint density at radius 2 is 2.12 bits per heavy atom. The van der Waals surface area contributed by atoms with Gasteiger partial charge in [-0.25, -0.2) is 4.39 Å². The van der Waals surface area contributed by atoms with E-state index in [2.05, 4.69) is 15.9 Å². The summed E-state index contributed by atoms with van der Waals surface area (Å²) in [5.41, 5.74) is 0.273. The van der Waals surface area contributed by atoms with Crippen LogP contribution in [0.25, 0.3) is 0 Å². The Bertz CT molecular complexity index is 344. The van der Waals surface area contributed by atoms with Gasteiger partial charge in [-0.15, -0.1) is 0 Å². The summed E-state index contributed by atoms with van der Waals surface area (Å²) in [5, 5.41) is 10.0. The molecule has 2 unspecified atom stereocenters. The molecular weight excluding hydrogens is 275 g/mol. The van der Waals surface area contributed by atoms with Crippen LogP contribution in [-0.4, -0.2) is 17.8 Å². The van der Waals surface area contributed by atoms with Gasteiger partial charge >= 0.3 is 0 Å². The Hall–Kier alpha value is -0.450. The molecule has 0 spiro atoms. The van der Waals surface area contributed by atoms with Crippen molar-refractivity contribution in [2.24, 2.45) is 0 Å². The van der Waals surface area contributed by atoms with Gasteiger partial charge in [0.1, 0.15) is 11.9 Å². The Kier molecular flexibility index (Phi) is 5.38. The molecule has 1 aromatic rings. The lowest BCUT2D eigenvalue weighted by Gasteiger charge is -2.22. The first-order chi connectivity index (χ1) is 7.61. The van der Waals surface area contributed by atoms with Gasteiger partial charge in [-0.05, 0) is 35.3 Å². The first-order valence-electron chi connectivity index (χ1n) is 5.35. The van der Waals surface area contributed by atoms with Crippen molar-refractivity contribution in [3.63, 3.8) is 0 Å². The maximum absolute atomic E-state index is 13.7. The zero-order chi connectivity index (χ0) is 12.1. The van der Waals surface area contributed by atoms with Gasteiger partial charge in [0.15, 0.2) is 0 Å². The van der Waals surface area contributed by atoms with E-state index in [-0.39, 0.29) is 11.7 Å². The molecule has 0 amide bonds. The predicted molar refractivity (Wildman–Crippen MR) is 64.8 cm³/mol. The fourth-order valence-corrected chi connectivity index (χ4v) is 1.98. The fraction of sp³-hybridized carbons (Fsp3) is 0.500. The van der Waals surface area contributed by atoms with E-state index in [9.17, 15) is 9.50 Å². The van der Waals surface area contributed by atoms with Crippen LogP contribution in [0.1, 0.15) is 31.9 Å². The minimum Gasteiger partial charge on any atom is -0.386 e. The number of benzene rings is 1. The third-order valence-electron chi connectivity index (χ3n) is 2.44. The van der Waals surface area contributed by atoms with Gasteiger partial charge in [0, 0.05) is 12.2 Å². The van der Waals surface area contributed by atoms with E-state index < -0.39 is 11.9 Å². The lowest BCUT2D eigenvalue weighted by Crippen LogP contribution is -2.22. The average molecular weight is 291 g/mol. The molecule has 4 heteroatoms. The van der Waals surface area contributed by atoms with Crippen LogP contribution in [-0.2, 0) is 4.74 Å². The standard InChI is InChI=1S/C12H16BrFO2/c1-3-10(16-4-2)12(15)8-6-5-7-9(13)11(8)14/h5-7,10,12,15H,3-4H2,1-2H3. The molecule has 0 aliphatic carbocycles. The van der Waals surface area contributed by atoms with Crippen molar-refractivity contribution in [1.82, 2.24) is 0 Å². The summed E-state index contributed by atoms with van der Waals surface area (Å²) in [6, 6.07) is 4.88. The quantitative estimate of drug-likeness (QED) is 0.900. The molecule has 2 nitrogen and oxygen atoms in total. The van der Waals surface area contributed by atoms with Crippen molar-refractivity contribution in [2.75, 3.05) is 6.61 Å². The maximum Gasteiger partial charge on any atom is 0.143 e. The molecule has 0 aromatic heterocycles. The van der Waals surface area contributed by atoms with Crippen molar-refractivity contribution >= 4 is 15.9 Å². The predicted octanol–water partition coefficient (Wildman–Crippen LogP) is 3.44. The minimum atomic E-state index is -0.928. The highest BCUT2D eigenvalue weighted by atomic mass is 79.9. The zero-order valence-electron chi connectivity index (χ0n) is 9.41. The van der Waals surface area contributed by atoms with Gasteiger partial charge in [-0.3, -0.25) is 0 Å². The largest absolute Gasteiger partial charge is 0.386 e. The smallest absolute Gasteiger partial charge is 0.143 e. The van der Waals surface area contributed by atoms with Crippen LogP contribution in [0.15, 0.2) is 22.7 Å². The summed E-state index contributed by atoms with van der Waals surface area (Å²) in [4.78, 5) is 0. The second kappa shape index (κ2) is 6.33. The Morgan fingerprint density at radius 1 is 1.44 bits per heavy atom. The molecule has 0 aliphatic rings. The van der Waals surface area contributed by atoms with Crippen LogP contribution in [0.3, 0.4) is 0 Å². The Balaban J connectivity index is 2.94. The van der Waals surface area contributed by atoms with Crippen molar-refractivity contribution in [3.8, 4) is 0 Å². The van der Waals surface area contributed by atoms with E-state index >= 15 is 0 Å². The summed E-state index contributed by atoms with van der Waals surface area (Å²) < 4.78 is 19.5. The first-order valence-corrected chi connectivity index (χ1v) is 6.14. The molecule has 2 atom stereocenters. The molecular formula is C12H16BrFO2. The van der Waals surface area contributed by atoms with Gasteiger partial charge in [0.05, 0.1) is 10.6 Å². The van der Waals surface area contributed by atoms with Gasteiger partial charge in [-0.1, -0.05) is 19.1 Å². The summed E-state index contributed by atoms with van der Waals surface area (Å²) in [7, 11) is 0. The van der Waals surface area contributed by atoms with Crippen LogP contribution >= 0.6 is 15.9 Å². The van der Waals surface area contributed by atoms with Gasteiger partial charge in [0.2, 0.25) is 0 Å². The molecule has 0 fully saturated rings. The molecule has 1 N–H and O–H groups in total. The maximum atomic E-state index is 13.7. The molecule has 1 rings (SSSR count). The summed E-state index contributed by atoms with van der Waals surface area (Å²) in [6.07, 6.45) is -0.655. The zero-order valence-corrected chi connectivity index (χ0v) is 11.0. The Morgan fingerprint density at radius 3 is 2.69 bits per heavy atom. The van der Waals surface area contributed by atoms with E-state index in [1.165, 1.54) is 0 Å². The van der Waals surface area contributed by atoms with Crippen LogP contribution in [0.5, 0.6) is 0 Å². The first kappa shape index (κ1) is 13.6. The number of aliphatic hydroxyl groups is 1. The number of halogens is 2. The normalized spacial score (nSPS) is 14.8. The monoisotopic (exact) mass is 290 g/mol. The molecule has 0 bridgehead atoms. The van der Waals surface area contributed by atoms with Crippen LogP contribution in [0.2, 0.25) is 0 Å². The molecule has 0 saturated heterocycles. The number of aliphatic hydroxyl groups excluding tert-OH is 1. The summed E-state index contributed by atoms with van der Waals surface area (Å²) >= 11 is 3.10. The molecule has 0 heterocycles. The number of ether oxygens (including phenoxy) is 1. The van der Waals surface area contributed by atoms with E-state index in [1.54, 1.807) is 18.2 Å². The number of hydrogen-bond donors (Lipinski definition) is 1. The number of hydrogen-bond acceptors (Lipinski definition) is 2. The summed E-state index contributed by atoms with van der Waals surface area (Å²) in [6.45, 7) is 4.26. The number of rotatable bonds is 5. The highest BCUT2D eigenvalue weighted by Gasteiger charge is 2.23. The average Bonchev–Trinajstić information content (AvgIpc) is 2.29. The van der Waals surface area contributed by atoms with Crippen molar-refractivity contribution in [1.29, 1.82) is 0 Å². The fourth-order valence-electron chi connectivity index (χ4n) is 1.60. The molecule has 90 valence electrons. The molecule has 16 heavy (non-hydrogen) atoms. The lowest BCUT2D eigenvalue weighted by molar-refractivity contribution is -0.0369. The molecule has 0 aliphatic heterocycles. The molecule has 0 radical (unpaired) electrons. The summed E-state index contributed by atoms with van der Waals surface area (Å²) in [5.74, 6) is -0.423. The third-order valence-corrected chi connectivity index (χ3v) is 3.05. The van der Waals surface area contributed by atoms with Crippen LogP contribution in [0, 0.1) is 5.82 Å². The van der Waals surface area contributed by atoms with E-state index in [0.717, 1.165) is 0 Å². The van der Waals surface area contributed by atoms with Crippen molar-refractivity contribution in [2.45, 2.75) is 32.5 Å². The molecule has 1 aromatic carbocycles. The highest BCUT2D eigenvalue weighted by Crippen LogP contribution is 2.27. The highest BCUT2D eigenvalue weighted by molar-refractivity contribution is 9.10. The van der Waals surface area contributed by atoms with Gasteiger partial charge < -0.3 is 9.84 Å². The van der Waals surface area contributed by atoms with Crippen molar-refractivity contribution in [3.05, 3.63) is 34.1 Å². The topological polar surface area (TPSA) is 29.5 Å². The van der Waals surface area contributed by atoms with Crippen LogP contribution < -0.4 is 0 Å². The van der Waals surface area contributed by atoms with E-state index in [0.29, 0.717) is 17.5 Å². The van der Waals surface area contributed by atoms with Gasteiger partial charge in [0.25, 0.3) is 0 Å².